The quantitative estimate of drug-likeness (QED) is 0.719. The van der Waals surface area contributed by atoms with Crippen molar-refractivity contribution in [2.24, 2.45) is 11.3 Å². The molecule has 1 N–H and O–H groups in total. The lowest BCUT2D eigenvalue weighted by Gasteiger charge is -2.30. The number of pyridine rings is 1. The molecule has 0 bridgehead atoms. The van der Waals surface area contributed by atoms with Gasteiger partial charge in [0, 0.05) is 42.3 Å². The molecule has 3 saturated carbocycles. The predicted octanol–water partition coefficient (Wildman–Crippen LogP) is 3.26. The highest BCUT2D eigenvalue weighted by molar-refractivity contribution is 7.88. The van der Waals surface area contributed by atoms with Crippen LogP contribution in [0, 0.1) is 11.3 Å². The largest absolute Gasteiger partial charge is 0.351 e. The first-order valence-corrected chi connectivity index (χ1v) is 14.2. The normalized spacial score (nSPS) is 29.6. The zero-order valence-electron chi connectivity index (χ0n) is 19.5. The maximum Gasteiger partial charge on any atom is 0.255 e. The molecule has 1 spiro atoms. The molecule has 4 fully saturated rings. The molecule has 2 aromatic rings. The molecule has 3 unspecified atom stereocenters. The Morgan fingerprint density at radius 2 is 1.88 bits per heavy atom. The number of piperidine rings is 1. The minimum Gasteiger partial charge on any atom is -0.351 e. The van der Waals surface area contributed by atoms with E-state index in [1.807, 2.05) is 16.8 Å². The molecule has 0 radical (unpaired) electrons. The van der Waals surface area contributed by atoms with Crippen molar-refractivity contribution in [1.29, 1.82) is 0 Å². The number of sulfonamides is 1. The van der Waals surface area contributed by atoms with Gasteiger partial charge in [-0.1, -0.05) is 13.3 Å². The van der Waals surface area contributed by atoms with E-state index in [4.69, 9.17) is 4.98 Å². The van der Waals surface area contributed by atoms with Crippen LogP contribution in [-0.2, 0) is 10.0 Å². The zero-order valence-corrected chi connectivity index (χ0v) is 20.3. The molecule has 6 rings (SSSR count). The van der Waals surface area contributed by atoms with Gasteiger partial charge in [0.05, 0.1) is 6.26 Å². The fourth-order valence-electron chi connectivity index (χ4n) is 6.30. The van der Waals surface area contributed by atoms with E-state index in [0.717, 1.165) is 29.4 Å². The lowest BCUT2D eigenvalue weighted by molar-refractivity contribution is 0.331. The fourth-order valence-corrected chi connectivity index (χ4v) is 7.18. The molecule has 178 valence electrons. The van der Waals surface area contributed by atoms with E-state index in [0.29, 0.717) is 49.1 Å². The van der Waals surface area contributed by atoms with Gasteiger partial charge in [0.1, 0.15) is 5.65 Å². The van der Waals surface area contributed by atoms with E-state index in [-0.39, 0.29) is 17.6 Å². The monoisotopic (exact) mass is 471 g/mol. The van der Waals surface area contributed by atoms with Crippen molar-refractivity contribution in [2.75, 3.05) is 24.7 Å². The first-order valence-electron chi connectivity index (χ1n) is 12.4. The van der Waals surface area contributed by atoms with Crippen LogP contribution in [0.2, 0.25) is 0 Å². The van der Waals surface area contributed by atoms with E-state index in [2.05, 4.69) is 17.2 Å². The number of aromatic nitrogens is 3. The van der Waals surface area contributed by atoms with Crippen LogP contribution in [0.3, 0.4) is 0 Å². The van der Waals surface area contributed by atoms with Crippen LogP contribution in [0.5, 0.6) is 0 Å². The van der Waals surface area contributed by atoms with Crippen molar-refractivity contribution in [3.63, 3.8) is 0 Å². The molecule has 3 aliphatic carbocycles. The van der Waals surface area contributed by atoms with Crippen molar-refractivity contribution < 1.29 is 8.42 Å². The zero-order chi connectivity index (χ0) is 23.0. The van der Waals surface area contributed by atoms with E-state index in [9.17, 15) is 13.2 Å². The number of fused-ring (bicyclic) bond motifs is 1. The second-order valence-electron chi connectivity index (χ2n) is 10.9. The van der Waals surface area contributed by atoms with Crippen molar-refractivity contribution in [2.45, 2.75) is 76.3 Å². The van der Waals surface area contributed by atoms with Gasteiger partial charge in [0.2, 0.25) is 16.0 Å². The van der Waals surface area contributed by atoms with Crippen molar-refractivity contribution >= 4 is 27.0 Å². The molecule has 1 saturated heterocycles. The highest BCUT2D eigenvalue weighted by atomic mass is 32.2. The molecule has 0 amide bonds. The molecule has 3 atom stereocenters. The topological polar surface area (TPSA) is 97.2 Å². The summed E-state index contributed by atoms with van der Waals surface area (Å²) < 4.78 is 27.2. The van der Waals surface area contributed by atoms with Gasteiger partial charge in [-0.3, -0.25) is 9.36 Å². The summed E-state index contributed by atoms with van der Waals surface area (Å²) in [5, 5.41) is 4.36. The number of nitrogens with zero attached hydrogens (tertiary/aromatic N) is 4. The summed E-state index contributed by atoms with van der Waals surface area (Å²) >= 11 is 0. The highest BCUT2D eigenvalue weighted by Gasteiger charge is 2.53. The average Bonchev–Trinajstić information content (AvgIpc) is 3.66. The van der Waals surface area contributed by atoms with Gasteiger partial charge in [-0.25, -0.2) is 17.7 Å². The van der Waals surface area contributed by atoms with E-state index < -0.39 is 10.0 Å². The number of rotatable bonds is 5. The van der Waals surface area contributed by atoms with Gasteiger partial charge >= 0.3 is 0 Å². The predicted molar refractivity (Wildman–Crippen MR) is 128 cm³/mol. The Kier molecular flexibility index (Phi) is 4.89. The molecule has 1 aliphatic heterocycles. The third kappa shape index (κ3) is 3.77. The van der Waals surface area contributed by atoms with Crippen LogP contribution in [0.1, 0.15) is 75.8 Å². The highest BCUT2D eigenvalue weighted by Crippen LogP contribution is 2.63. The third-order valence-corrected chi connectivity index (χ3v) is 9.93. The summed E-state index contributed by atoms with van der Waals surface area (Å²) in [4.78, 5) is 23.2. The number of anilines is 1. The maximum atomic E-state index is 13.8. The lowest BCUT2D eigenvalue weighted by Crippen LogP contribution is -2.42. The summed E-state index contributed by atoms with van der Waals surface area (Å²) in [6.07, 6.45) is 11.5. The first kappa shape index (κ1) is 21.5. The molecule has 9 heteroatoms. The average molecular weight is 472 g/mol. The van der Waals surface area contributed by atoms with Crippen molar-refractivity contribution in [3.8, 4) is 0 Å². The Morgan fingerprint density at radius 1 is 1.15 bits per heavy atom. The van der Waals surface area contributed by atoms with E-state index >= 15 is 0 Å². The summed E-state index contributed by atoms with van der Waals surface area (Å²) in [6, 6.07) is 2.39. The minimum atomic E-state index is -3.15. The Labute approximate surface area is 194 Å². The van der Waals surface area contributed by atoms with Crippen LogP contribution in [0.4, 0.5) is 5.95 Å². The molecule has 2 aromatic heterocycles. The number of hydrogen-bond donors (Lipinski definition) is 1. The standard InChI is InChI=1S/C24H33N5O3S/c1-15-12-18(15)19-13-16-14-25-23(26-17-5-10-28(11-6-17)33(2,31)32)27-21(16)29(22(19)30)20-4-3-7-24(20)8-9-24/h13-15,17-18,20H,3-12H2,1-2H3,(H,25,26,27). The Bertz CT molecular complexity index is 1260. The lowest BCUT2D eigenvalue weighted by atomic mass is 9.99. The van der Waals surface area contributed by atoms with Crippen LogP contribution in [0.25, 0.3) is 11.0 Å². The Balaban J connectivity index is 1.35. The summed E-state index contributed by atoms with van der Waals surface area (Å²) in [5.74, 6) is 1.47. The minimum absolute atomic E-state index is 0.119. The van der Waals surface area contributed by atoms with Gasteiger partial charge in [-0.05, 0) is 68.3 Å². The molecule has 8 nitrogen and oxygen atoms in total. The molecular formula is C24H33N5O3S. The van der Waals surface area contributed by atoms with E-state index in [1.165, 1.54) is 36.2 Å². The third-order valence-electron chi connectivity index (χ3n) is 8.63. The van der Waals surface area contributed by atoms with Gasteiger partial charge < -0.3 is 5.32 Å². The summed E-state index contributed by atoms with van der Waals surface area (Å²) in [5.41, 5.74) is 2.14. The maximum absolute atomic E-state index is 13.8. The second-order valence-corrected chi connectivity index (χ2v) is 12.9. The van der Waals surface area contributed by atoms with Crippen molar-refractivity contribution in [3.05, 3.63) is 28.2 Å². The van der Waals surface area contributed by atoms with Gasteiger partial charge in [0.25, 0.3) is 5.56 Å². The van der Waals surface area contributed by atoms with Crippen LogP contribution in [-0.4, -0.2) is 52.6 Å². The SMILES string of the molecule is CC1CC1c1cc2cnc(NC3CCN(S(C)(=O)=O)CC3)nc2n(C2CCCC23CC3)c1=O. The molecule has 33 heavy (non-hydrogen) atoms. The summed E-state index contributed by atoms with van der Waals surface area (Å²) in [7, 11) is -3.15. The van der Waals surface area contributed by atoms with Gasteiger partial charge in [0.15, 0.2) is 0 Å². The smallest absolute Gasteiger partial charge is 0.255 e. The Hall–Kier alpha value is -2.00. The van der Waals surface area contributed by atoms with Crippen LogP contribution < -0.4 is 10.9 Å². The molecule has 3 heterocycles. The van der Waals surface area contributed by atoms with Crippen LogP contribution in [0.15, 0.2) is 17.1 Å². The molecular weight excluding hydrogens is 438 g/mol. The summed E-state index contributed by atoms with van der Waals surface area (Å²) in [6.45, 7) is 3.22. The second kappa shape index (κ2) is 7.50. The van der Waals surface area contributed by atoms with E-state index in [1.54, 1.807) is 0 Å². The fraction of sp³-hybridized carbons (Fsp3) is 0.708. The first-order chi connectivity index (χ1) is 15.7. The number of hydrogen-bond acceptors (Lipinski definition) is 6. The van der Waals surface area contributed by atoms with Crippen LogP contribution >= 0.6 is 0 Å². The van der Waals surface area contributed by atoms with Gasteiger partial charge in [-0.15, -0.1) is 0 Å². The number of nitrogens with one attached hydrogen (secondary N) is 1. The molecule has 4 aliphatic rings. The van der Waals surface area contributed by atoms with Crippen molar-refractivity contribution in [1.82, 2.24) is 18.8 Å². The molecule has 0 aromatic carbocycles. The van der Waals surface area contributed by atoms with Gasteiger partial charge in [-0.2, -0.15) is 4.98 Å². The Morgan fingerprint density at radius 3 is 2.52 bits per heavy atom.